The third kappa shape index (κ3) is 2.17. The third-order valence-corrected chi connectivity index (χ3v) is 1.62. The van der Waals surface area contributed by atoms with Crippen LogP contribution < -0.4 is 10.7 Å². The van der Waals surface area contributed by atoms with Crippen LogP contribution in [0.5, 0.6) is 5.75 Å². The van der Waals surface area contributed by atoms with Crippen molar-refractivity contribution in [3.05, 3.63) is 28.7 Å². The Labute approximate surface area is 73.9 Å². The first kappa shape index (κ1) is 9.75. The molecule has 0 aliphatic rings. The Bertz CT molecular complexity index is 207. The molecule has 0 amide bonds. The number of nitrogens with two attached hydrogens (primary N) is 1. The van der Waals surface area contributed by atoms with E-state index < -0.39 is 0 Å². The van der Waals surface area contributed by atoms with Crippen molar-refractivity contribution in [1.29, 1.82) is 0 Å². The number of rotatable bonds is 1. The van der Waals surface area contributed by atoms with Crippen LogP contribution in [-0.2, 0) is 0 Å². The first-order chi connectivity index (χ1) is 4.34. The molecule has 2 nitrogen and oxygen atoms in total. The van der Waals surface area contributed by atoms with Crippen molar-refractivity contribution in [2.75, 3.05) is 0 Å². The van der Waals surface area contributed by atoms with Crippen LogP contribution >= 0.6 is 28.3 Å². The molecule has 0 radical (unpaired) electrons. The zero-order valence-corrected chi connectivity index (χ0v) is 7.48. The van der Waals surface area contributed by atoms with Crippen molar-refractivity contribution in [3.8, 4) is 5.75 Å². The van der Waals surface area contributed by atoms with Gasteiger partial charge in [-0.3, -0.25) is 0 Å². The molecule has 0 bridgehead atoms. The van der Waals surface area contributed by atoms with Crippen molar-refractivity contribution in [3.63, 3.8) is 0 Å². The maximum atomic E-state index is 4.92. The summed E-state index contributed by atoms with van der Waals surface area (Å²) in [6.45, 7) is 0. The quantitative estimate of drug-likeness (QED) is 0.742. The van der Waals surface area contributed by atoms with E-state index in [-0.39, 0.29) is 12.4 Å². The Morgan fingerprint density at radius 3 is 2.30 bits per heavy atom. The molecule has 1 aromatic carbocycles. The van der Waals surface area contributed by atoms with E-state index in [1.807, 2.05) is 18.2 Å². The van der Waals surface area contributed by atoms with Crippen LogP contribution in [0.25, 0.3) is 0 Å². The predicted octanol–water partition coefficient (Wildman–Crippen LogP) is 2.12. The van der Waals surface area contributed by atoms with Gasteiger partial charge in [-0.1, -0.05) is 12.1 Å². The average molecular weight is 224 g/mol. The molecule has 1 rings (SSSR count). The van der Waals surface area contributed by atoms with Gasteiger partial charge in [0.15, 0.2) is 5.75 Å². The van der Waals surface area contributed by atoms with Gasteiger partial charge in [-0.05, 0) is 28.1 Å². The number of benzene rings is 1. The Hall–Kier alpha value is -0.250. The Kier molecular flexibility index (Phi) is 4.43. The van der Waals surface area contributed by atoms with Gasteiger partial charge in [-0.15, -0.1) is 12.4 Å². The van der Waals surface area contributed by atoms with Gasteiger partial charge in [0.25, 0.3) is 0 Å². The maximum Gasteiger partial charge on any atom is 0.160 e. The lowest BCUT2D eigenvalue weighted by atomic mass is 10.3. The molecule has 0 heterocycles. The SMILES string of the molecule is Cl.NOc1ccccc1Br. The Morgan fingerprint density at radius 1 is 1.30 bits per heavy atom. The average Bonchev–Trinajstić information content (AvgIpc) is 1.89. The highest BCUT2D eigenvalue weighted by molar-refractivity contribution is 9.10. The first-order valence-electron chi connectivity index (χ1n) is 2.46. The summed E-state index contributed by atoms with van der Waals surface area (Å²) in [5.74, 6) is 5.57. The second-order valence-corrected chi connectivity index (χ2v) is 2.40. The molecular formula is C6H7BrClNO. The van der Waals surface area contributed by atoms with Crippen LogP contribution in [0.1, 0.15) is 0 Å². The van der Waals surface area contributed by atoms with Crippen molar-refractivity contribution in [2.45, 2.75) is 0 Å². The van der Waals surface area contributed by atoms with Gasteiger partial charge in [0.1, 0.15) is 0 Å². The molecule has 0 unspecified atom stereocenters. The molecule has 0 aliphatic carbocycles. The van der Waals surface area contributed by atoms with Gasteiger partial charge >= 0.3 is 0 Å². The van der Waals surface area contributed by atoms with Crippen molar-refractivity contribution >= 4 is 28.3 Å². The fourth-order valence-corrected chi connectivity index (χ4v) is 0.919. The van der Waals surface area contributed by atoms with Gasteiger partial charge in [0.2, 0.25) is 0 Å². The predicted molar refractivity (Wildman–Crippen MR) is 46.2 cm³/mol. The number of hydrogen-bond donors (Lipinski definition) is 1. The highest BCUT2D eigenvalue weighted by Gasteiger charge is 1.93. The van der Waals surface area contributed by atoms with E-state index in [0.29, 0.717) is 5.75 Å². The van der Waals surface area contributed by atoms with Crippen molar-refractivity contribution < 1.29 is 4.84 Å². The second kappa shape index (κ2) is 4.55. The smallest absolute Gasteiger partial charge is 0.160 e. The second-order valence-electron chi connectivity index (χ2n) is 1.55. The number of hydrogen-bond acceptors (Lipinski definition) is 2. The minimum Gasteiger partial charge on any atom is -0.410 e. The normalized spacial score (nSPS) is 8.20. The lowest BCUT2D eigenvalue weighted by molar-refractivity contribution is 0.332. The van der Waals surface area contributed by atoms with E-state index in [1.54, 1.807) is 6.07 Å². The van der Waals surface area contributed by atoms with Gasteiger partial charge in [-0.25, -0.2) is 0 Å². The summed E-state index contributed by atoms with van der Waals surface area (Å²) in [5.41, 5.74) is 0. The van der Waals surface area contributed by atoms with Gasteiger partial charge in [0, 0.05) is 0 Å². The monoisotopic (exact) mass is 223 g/mol. The fourth-order valence-electron chi connectivity index (χ4n) is 0.540. The van der Waals surface area contributed by atoms with Gasteiger partial charge in [0.05, 0.1) is 4.47 Å². The van der Waals surface area contributed by atoms with Crippen LogP contribution in [0.3, 0.4) is 0 Å². The van der Waals surface area contributed by atoms with E-state index in [0.717, 1.165) is 4.47 Å². The molecule has 0 saturated carbocycles. The van der Waals surface area contributed by atoms with E-state index in [1.165, 1.54) is 0 Å². The Balaban J connectivity index is 0.000000810. The molecule has 0 atom stereocenters. The summed E-state index contributed by atoms with van der Waals surface area (Å²) in [6.07, 6.45) is 0. The minimum absolute atomic E-state index is 0. The number of halogens is 2. The third-order valence-electron chi connectivity index (χ3n) is 0.964. The molecule has 1 aromatic rings. The van der Waals surface area contributed by atoms with Gasteiger partial charge in [-0.2, -0.15) is 5.90 Å². The molecule has 0 aliphatic heterocycles. The molecule has 4 heteroatoms. The van der Waals surface area contributed by atoms with Gasteiger partial charge < -0.3 is 4.84 Å². The molecule has 0 saturated heterocycles. The zero-order valence-electron chi connectivity index (χ0n) is 5.08. The summed E-state index contributed by atoms with van der Waals surface area (Å²) in [7, 11) is 0. The lowest BCUT2D eigenvalue weighted by Gasteiger charge is -1.97. The van der Waals surface area contributed by atoms with E-state index >= 15 is 0 Å². The molecule has 56 valence electrons. The topological polar surface area (TPSA) is 35.2 Å². The minimum atomic E-state index is 0. The molecule has 10 heavy (non-hydrogen) atoms. The van der Waals surface area contributed by atoms with Crippen LogP contribution in [0, 0.1) is 0 Å². The molecular weight excluding hydrogens is 217 g/mol. The highest BCUT2D eigenvalue weighted by Crippen LogP contribution is 2.21. The van der Waals surface area contributed by atoms with E-state index in [4.69, 9.17) is 5.90 Å². The van der Waals surface area contributed by atoms with Crippen LogP contribution in [0.15, 0.2) is 28.7 Å². The standard InChI is InChI=1S/C6H6BrNO.ClH/c7-5-3-1-2-4-6(5)9-8;/h1-4H,8H2;1H. The summed E-state index contributed by atoms with van der Waals surface area (Å²) in [4.78, 5) is 4.50. The lowest BCUT2D eigenvalue weighted by Crippen LogP contribution is -2.01. The molecule has 0 spiro atoms. The molecule has 0 fully saturated rings. The van der Waals surface area contributed by atoms with E-state index in [9.17, 15) is 0 Å². The van der Waals surface area contributed by atoms with E-state index in [2.05, 4.69) is 20.8 Å². The summed E-state index contributed by atoms with van der Waals surface area (Å²) in [5, 5.41) is 0. The van der Waals surface area contributed by atoms with Crippen LogP contribution in [0.4, 0.5) is 0 Å². The zero-order chi connectivity index (χ0) is 6.69. The largest absolute Gasteiger partial charge is 0.410 e. The highest BCUT2D eigenvalue weighted by atomic mass is 79.9. The fraction of sp³-hybridized carbons (Fsp3) is 0. The summed E-state index contributed by atoms with van der Waals surface area (Å²) < 4.78 is 0.868. The summed E-state index contributed by atoms with van der Waals surface area (Å²) >= 11 is 3.25. The van der Waals surface area contributed by atoms with Crippen LogP contribution in [0.2, 0.25) is 0 Å². The first-order valence-corrected chi connectivity index (χ1v) is 3.25. The molecule has 2 N–H and O–H groups in total. The van der Waals surface area contributed by atoms with Crippen LogP contribution in [-0.4, -0.2) is 0 Å². The van der Waals surface area contributed by atoms with Crippen molar-refractivity contribution in [1.82, 2.24) is 0 Å². The summed E-state index contributed by atoms with van der Waals surface area (Å²) in [6, 6.07) is 7.39. The molecule has 0 aromatic heterocycles. The maximum absolute atomic E-state index is 4.92. The van der Waals surface area contributed by atoms with Crippen molar-refractivity contribution in [2.24, 2.45) is 5.90 Å². The number of para-hydroxylation sites is 1. The Morgan fingerprint density at radius 2 is 1.90 bits per heavy atom.